The van der Waals surface area contributed by atoms with Crippen molar-refractivity contribution in [1.29, 1.82) is 0 Å². The minimum Gasteiger partial charge on any atom is -0.460 e. The summed E-state index contributed by atoms with van der Waals surface area (Å²) in [4.78, 5) is 37.9. The molecule has 0 atom stereocenters. The van der Waals surface area contributed by atoms with Crippen molar-refractivity contribution >= 4 is 38.6 Å². The molecule has 35 heavy (non-hydrogen) atoms. The molecule has 176 valence electrons. The number of carbonyl (C=O) groups is 1. The fraction of sp³-hybridized carbons (Fsp3) is 0.0909. The zero-order chi connectivity index (χ0) is 24.6. The Bertz CT molecular complexity index is 1730. The van der Waals surface area contributed by atoms with Crippen molar-refractivity contribution in [3.8, 4) is 5.69 Å². The van der Waals surface area contributed by atoms with Crippen LogP contribution in [0.1, 0.15) is 17.5 Å². The van der Waals surface area contributed by atoms with Crippen LogP contribution in [0.5, 0.6) is 0 Å². The number of nitrogens with one attached hydrogen (secondary N) is 1. The van der Waals surface area contributed by atoms with Gasteiger partial charge in [-0.15, -0.1) is 5.10 Å². The molecule has 0 radical (unpaired) electrons. The Labute approximate surface area is 197 Å². The largest absolute Gasteiger partial charge is 0.460 e. The molecular formula is C22H17N7O5S. The third-order valence-electron chi connectivity index (χ3n) is 5.00. The molecule has 3 aromatic heterocycles. The molecule has 0 aliphatic rings. The van der Waals surface area contributed by atoms with E-state index in [1.54, 1.807) is 37.3 Å². The first kappa shape index (κ1) is 22.2. The molecule has 5 rings (SSSR count). The molecule has 13 heteroatoms. The Kier molecular flexibility index (Phi) is 5.45. The molecule has 0 amide bonds. The predicted octanol–water partition coefficient (Wildman–Crippen LogP) is 1.80. The number of esters is 1. The van der Waals surface area contributed by atoms with E-state index in [9.17, 15) is 18.0 Å². The van der Waals surface area contributed by atoms with Gasteiger partial charge in [0, 0.05) is 12.4 Å². The fourth-order valence-electron chi connectivity index (χ4n) is 3.45. The van der Waals surface area contributed by atoms with Crippen LogP contribution in [-0.4, -0.2) is 50.1 Å². The molecule has 0 fully saturated rings. The summed E-state index contributed by atoms with van der Waals surface area (Å²) in [5.41, 5.74) is 0.307. The van der Waals surface area contributed by atoms with Crippen molar-refractivity contribution in [2.45, 2.75) is 11.8 Å². The Morgan fingerprint density at radius 1 is 1.03 bits per heavy atom. The minimum absolute atomic E-state index is 0.0635. The summed E-state index contributed by atoms with van der Waals surface area (Å²) in [6, 6.07) is 13.9. The lowest BCUT2D eigenvalue weighted by molar-refractivity contribution is 0.0509. The lowest BCUT2D eigenvalue weighted by atomic mass is 10.2. The Balaban J connectivity index is 1.65. The van der Waals surface area contributed by atoms with E-state index in [4.69, 9.17) is 4.74 Å². The molecule has 0 aliphatic heterocycles. The first-order chi connectivity index (χ1) is 16.9. The first-order valence-corrected chi connectivity index (χ1v) is 11.9. The fourth-order valence-corrected chi connectivity index (χ4v) is 4.41. The number of ether oxygens (including phenoxy) is 1. The molecule has 3 heterocycles. The van der Waals surface area contributed by atoms with Crippen LogP contribution < -0.4 is 10.3 Å². The highest BCUT2D eigenvalue weighted by Gasteiger charge is 2.24. The number of benzene rings is 2. The van der Waals surface area contributed by atoms with Gasteiger partial charge in [0.15, 0.2) is 0 Å². The zero-order valence-corrected chi connectivity index (χ0v) is 19.0. The lowest BCUT2D eigenvalue weighted by Crippen LogP contribution is -2.16. The topological polar surface area (TPSA) is 150 Å². The number of rotatable bonds is 6. The molecule has 5 aromatic rings. The number of anilines is 1. The van der Waals surface area contributed by atoms with E-state index in [0.29, 0.717) is 16.6 Å². The number of fused-ring (bicyclic) bond motifs is 2. The standard InChI is InChI=1S/C22H17N7O5S/c1-2-34-20(31)18-26-29-19(30)16-6-3-4-7-17(16)25-22(29)28(18)14-8-10-15(11-9-14)35(32,33)27-21-23-12-5-13-24-21/h3-13H,2H2,1H3,(H,23,24,27). The monoisotopic (exact) mass is 491 g/mol. The highest BCUT2D eigenvalue weighted by Crippen LogP contribution is 2.20. The SMILES string of the molecule is CCOC(=O)c1nn2c(=O)c3ccccc3nc2n1-c1ccc(S(=O)(=O)Nc2ncccn2)cc1. The van der Waals surface area contributed by atoms with Gasteiger partial charge in [0.05, 0.1) is 28.1 Å². The van der Waals surface area contributed by atoms with E-state index >= 15 is 0 Å². The quantitative estimate of drug-likeness (QED) is 0.351. The first-order valence-electron chi connectivity index (χ1n) is 10.4. The van der Waals surface area contributed by atoms with Gasteiger partial charge in [-0.05, 0) is 49.4 Å². The van der Waals surface area contributed by atoms with Gasteiger partial charge in [0.25, 0.3) is 15.6 Å². The van der Waals surface area contributed by atoms with Crippen molar-refractivity contribution in [1.82, 2.24) is 29.1 Å². The zero-order valence-electron chi connectivity index (χ0n) is 18.2. The Hall–Kier alpha value is -4.65. The number of hydrogen-bond acceptors (Lipinski definition) is 9. The number of sulfonamides is 1. The number of nitrogens with zero attached hydrogens (tertiary/aromatic N) is 6. The van der Waals surface area contributed by atoms with Crippen LogP contribution in [0, 0.1) is 0 Å². The van der Waals surface area contributed by atoms with Crippen molar-refractivity contribution in [3.63, 3.8) is 0 Å². The lowest BCUT2D eigenvalue weighted by Gasteiger charge is -2.10. The number of hydrogen-bond donors (Lipinski definition) is 1. The van der Waals surface area contributed by atoms with Crippen LogP contribution in [0.2, 0.25) is 0 Å². The van der Waals surface area contributed by atoms with Gasteiger partial charge >= 0.3 is 5.97 Å². The maximum Gasteiger partial charge on any atom is 0.376 e. The summed E-state index contributed by atoms with van der Waals surface area (Å²) in [5.74, 6) is -0.945. The van der Waals surface area contributed by atoms with E-state index in [2.05, 4.69) is 24.8 Å². The molecule has 0 saturated carbocycles. The van der Waals surface area contributed by atoms with Gasteiger partial charge in [0.2, 0.25) is 17.6 Å². The maximum absolute atomic E-state index is 13.0. The summed E-state index contributed by atoms with van der Waals surface area (Å²) in [6.07, 6.45) is 2.82. The van der Waals surface area contributed by atoms with Crippen molar-refractivity contribution in [2.75, 3.05) is 11.3 Å². The van der Waals surface area contributed by atoms with E-state index in [-0.39, 0.29) is 29.1 Å². The highest BCUT2D eigenvalue weighted by atomic mass is 32.2. The third-order valence-corrected chi connectivity index (χ3v) is 6.34. The molecule has 0 saturated heterocycles. The number of carbonyl (C=O) groups excluding carboxylic acids is 1. The van der Waals surface area contributed by atoms with E-state index in [1.807, 2.05) is 0 Å². The predicted molar refractivity (Wildman–Crippen MR) is 125 cm³/mol. The molecule has 0 bridgehead atoms. The summed E-state index contributed by atoms with van der Waals surface area (Å²) in [6.45, 7) is 1.74. The Morgan fingerprint density at radius 2 is 1.74 bits per heavy atom. The van der Waals surface area contributed by atoms with Crippen molar-refractivity contribution in [3.05, 3.63) is 83.2 Å². The second-order valence-corrected chi connectivity index (χ2v) is 8.88. The highest BCUT2D eigenvalue weighted by molar-refractivity contribution is 7.92. The van der Waals surface area contributed by atoms with E-state index in [1.165, 1.54) is 41.2 Å². The van der Waals surface area contributed by atoms with E-state index in [0.717, 1.165) is 4.52 Å². The van der Waals surface area contributed by atoms with Crippen LogP contribution in [0.15, 0.2) is 76.7 Å². The number of para-hydroxylation sites is 1. The summed E-state index contributed by atoms with van der Waals surface area (Å²) in [5, 5.41) is 4.50. The van der Waals surface area contributed by atoms with Crippen molar-refractivity contribution < 1.29 is 17.9 Å². The molecule has 0 aliphatic carbocycles. The molecule has 0 spiro atoms. The molecular weight excluding hydrogens is 474 g/mol. The smallest absolute Gasteiger partial charge is 0.376 e. The minimum atomic E-state index is -3.97. The van der Waals surface area contributed by atoms with Crippen LogP contribution in [0.25, 0.3) is 22.4 Å². The van der Waals surface area contributed by atoms with Crippen LogP contribution in [0.4, 0.5) is 5.95 Å². The normalized spacial score (nSPS) is 11.6. The van der Waals surface area contributed by atoms with Crippen LogP contribution >= 0.6 is 0 Å². The molecule has 1 N–H and O–H groups in total. The van der Waals surface area contributed by atoms with Crippen LogP contribution in [-0.2, 0) is 14.8 Å². The summed E-state index contributed by atoms with van der Waals surface area (Å²) >= 11 is 0. The summed E-state index contributed by atoms with van der Waals surface area (Å²) in [7, 11) is -3.97. The molecule has 2 aromatic carbocycles. The molecule has 0 unspecified atom stereocenters. The Morgan fingerprint density at radius 3 is 2.46 bits per heavy atom. The third kappa shape index (κ3) is 3.97. The van der Waals surface area contributed by atoms with Gasteiger partial charge in [-0.3, -0.25) is 9.36 Å². The second kappa shape index (κ2) is 8.61. The van der Waals surface area contributed by atoms with Gasteiger partial charge in [-0.25, -0.2) is 32.9 Å². The van der Waals surface area contributed by atoms with Gasteiger partial charge in [-0.1, -0.05) is 12.1 Å². The van der Waals surface area contributed by atoms with Crippen LogP contribution in [0.3, 0.4) is 0 Å². The maximum atomic E-state index is 13.0. The van der Waals surface area contributed by atoms with Gasteiger partial charge in [0.1, 0.15) is 0 Å². The van der Waals surface area contributed by atoms with Gasteiger partial charge < -0.3 is 4.74 Å². The summed E-state index contributed by atoms with van der Waals surface area (Å²) < 4.78 is 35.2. The number of aromatic nitrogens is 6. The van der Waals surface area contributed by atoms with Crippen molar-refractivity contribution in [2.24, 2.45) is 0 Å². The van der Waals surface area contributed by atoms with E-state index < -0.39 is 21.6 Å². The average Bonchev–Trinajstić information content (AvgIpc) is 3.25. The average molecular weight is 491 g/mol. The molecule has 12 nitrogen and oxygen atoms in total. The van der Waals surface area contributed by atoms with Gasteiger partial charge in [-0.2, -0.15) is 4.52 Å². The second-order valence-electron chi connectivity index (χ2n) is 7.20.